The Labute approximate surface area is 153 Å². The summed E-state index contributed by atoms with van der Waals surface area (Å²) in [6.07, 6.45) is 3.16. The molecule has 1 aliphatic rings. The van der Waals surface area contributed by atoms with Gasteiger partial charge in [-0.05, 0) is 18.7 Å². The van der Waals surface area contributed by atoms with Crippen LogP contribution < -0.4 is 4.90 Å². The first-order valence-corrected chi connectivity index (χ1v) is 10.9. The lowest BCUT2D eigenvalue weighted by atomic mass is 10.1. The van der Waals surface area contributed by atoms with Crippen LogP contribution in [0, 0.1) is 0 Å². The average Bonchev–Trinajstić information content (AvgIpc) is 3.11. The zero-order valence-electron chi connectivity index (χ0n) is 14.0. The monoisotopic (exact) mass is 378 g/mol. The molecule has 1 atom stereocenters. The molecule has 1 unspecified atom stereocenters. The van der Waals surface area contributed by atoms with E-state index in [4.69, 9.17) is 4.98 Å². The molecule has 0 aliphatic carbocycles. The summed E-state index contributed by atoms with van der Waals surface area (Å²) in [4.78, 5) is 9.06. The molecule has 1 aliphatic heterocycles. The van der Waals surface area contributed by atoms with E-state index < -0.39 is 0 Å². The molecule has 126 valence electrons. The van der Waals surface area contributed by atoms with Crippen LogP contribution >= 0.6 is 34.9 Å². The lowest BCUT2D eigenvalue weighted by molar-refractivity contribution is -0.895. The molecule has 0 radical (unpaired) electrons. The fourth-order valence-corrected chi connectivity index (χ4v) is 5.83. The first-order valence-electron chi connectivity index (χ1n) is 7.90. The van der Waals surface area contributed by atoms with E-state index in [1.165, 1.54) is 22.4 Å². The summed E-state index contributed by atoms with van der Waals surface area (Å²) in [5.41, 5.74) is 3.54. The van der Waals surface area contributed by atoms with Gasteiger partial charge in [0.15, 0.2) is 16.0 Å². The lowest BCUT2D eigenvalue weighted by Gasteiger charge is -2.19. The van der Waals surface area contributed by atoms with Gasteiger partial charge >= 0.3 is 0 Å². The molecule has 0 fully saturated rings. The Morgan fingerprint density at radius 3 is 2.96 bits per heavy atom. The molecule has 4 rings (SSSR count). The predicted molar refractivity (Wildman–Crippen MR) is 103 cm³/mol. The molecule has 0 spiro atoms. The summed E-state index contributed by atoms with van der Waals surface area (Å²) in [5, 5.41) is 12.1. The molecule has 3 aromatic rings. The molecule has 8 heteroatoms. The maximum atomic E-state index is 4.93. The maximum absolute atomic E-state index is 4.93. The summed E-state index contributed by atoms with van der Waals surface area (Å²) in [6, 6.07) is 0. The minimum absolute atomic E-state index is 0.850. The zero-order valence-corrected chi connectivity index (χ0v) is 16.5. The number of rotatable bonds is 4. The Kier molecular flexibility index (Phi) is 4.32. The van der Waals surface area contributed by atoms with Crippen LogP contribution in [0.3, 0.4) is 0 Å². The van der Waals surface area contributed by atoms with Gasteiger partial charge < -0.3 is 4.90 Å². The first kappa shape index (κ1) is 16.4. The number of aromatic nitrogens is 4. The van der Waals surface area contributed by atoms with Gasteiger partial charge in [0.1, 0.15) is 11.4 Å². The van der Waals surface area contributed by atoms with Gasteiger partial charge in [-0.1, -0.05) is 35.7 Å². The van der Waals surface area contributed by atoms with E-state index in [0.29, 0.717) is 0 Å². The molecule has 24 heavy (non-hydrogen) atoms. The molecular formula is C16H20N5S3+. The van der Waals surface area contributed by atoms with Gasteiger partial charge in [0.05, 0.1) is 23.9 Å². The molecule has 3 aromatic heterocycles. The Morgan fingerprint density at radius 2 is 2.21 bits per heavy atom. The molecule has 0 amide bonds. The van der Waals surface area contributed by atoms with E-state index in [1.54, 1.807) is 28.4 Å². The van der Waals surface area contributed by atoms with Gasteiger partial charge in [0, 0.05) is 12.2 Å². The molecule has 4 heterocycles. The quantitative estimate of drug-likeness (QED) is 0.429. The number of thiophene rings is 1. The zero-order chi connectivity index (χ0) is 16.8. The average molecular weight is 379 g/mol. The Morgan fingerprint density at radius 1 is 1.38 bits per heavy atom. The molecule has 0 saturated carbocycles. The van der Waals surface area contributed by atoms with Crippen LogP contribution in [-0.4, -0.2) is 45.2 Å². The van der Waals surface area contributed by atoms with Crippen LogP contribution in [0.25, 0.3) is 15.9 Å². The van der Waals surface area contributed by atoms with Crippen LogP contribution in [0.1, 0.15) is 17.4 Å². The third kappa shape index (κ3) is 2.65. The number of likely N-dealkylation sites (N-methyl/N-ethyl adjacent to an activating group) is 1. The number of thioether (sulfide) groups is 2. The van der Waals surface area contributed by atoms with Crippen LogP contribution in [-0.2, 0) is 13.0 Å². The molecular weight excluding hydrogens is 358 g/mol. The number of nitrogens with zero attached hydrogens (tertiary/aromatic N) is 4. The summed E-state index contributed by atoms with van der Waals surface area (Å²) in [7, 11) is 2.26. The van der Waals surface area contributed by atoms with Crippen molar-refractivity contribution in [3.8, 4) is 0 Å². The van der Waals surface area contributed by atoms with Crippen molar-refractivity contribution in [2.75, 3.05) is 25.6 Å². The van der Waals surface area contributed by atoms with Crippen molar-refractivity contribution in [3.63, 3.8) is 0 Å². The number of nitrogens with one attached hydrogen (secondary N) is 1. The van der Waals surface area contributed by atoms with E-state index in [1.807, 2.05) is 18.3 Å². The molecule has 0 bridgehead atoms. The standard InChI is InChI=1S/C16H19N5S3/c1-9(2)8-23-16-19-18-13-12-10-5-6-20(3)7-11(10)24-14(12)17-15(22-4)21(13)16/h1,5-8H2,2-4H3/p+1. The van der Waals surface area contributed by atoms with Crippen molar-refractivity contribution in [1.29, 1.82) is 0 Å². The van der Waals surface area contributed by atoms with E-state index in [9.17, 15) is 0 Å². The van der Waals surface area contributed by atoms with Crippen LogP contribution in [0.2, 0.25) is 0 Å². The van der Waals surface area contributed by atoms with E-state index in [-0.39, 0.29) is 0 Å². The smallest absolute Gasteiger partial charge is 0.198 e. The predicted octanol–water partition coefficient (Wildman–Crippen LogP) is 2.30. The highest BCUT2D eigenvalue weighted by atomic mass is 32.2. The van der Waals surface area contributed by atoms with Gasteiger partial charge in [0.2, 0.25) is 0 Å². The van der Waals surface area contributed by atoms with Gasteiger partial charge in [0.25, 0.3) is 0 Å². The van der Waals surface area contributed by atoms with Crippen molar-refractivity contribution in [3.05, 3.63) is 22.6 Å². The maximum Gasteiger partial charge on any atom is 0.198 e. The highest BCUT2D eigenvalue weighted by Crippen LogP contribution is 2.36. The molecule has 1 N–H and O–H groups in total. The summed E-state index contributed by atoms with van der Waals surface area (Å²) in [6.45, 7) is 8.27. The third-order valence-electron chi connectivity index (χ3n) is 4.21. The van der Waals surface area contributed by atoms with Gasteiger partial charge in [-0.3, -0.25) is 0 Å². The van der Waals surface area contributed by atoms with Crippen molar-refractivity contribution >= 4 is 50.7 Å². The Balaban J connectivity index is 1.94. The largest absolute Gasteiger partial charge is 0.333 e. The number of hydrogen-bond donors (Lipinski definition) is 1. The summed E-state index contributed by atoms with van der Waals surface area (Å²) < 4.78 is 2.12. The summed E-state index contributed by atoms with van der Waals surface area (Å²) in [5.74, 6) is 0.850. The fourth-order valence-electron chi connectivity index (χ4n) is 3.07. The molecule has 0 aromatic carbocycles. The van der Waals surface area contributed by atoms with E-state index in [2.05, 4.69) is 34.5 Å². The molecule has 5 nitrogen and oxygen atoms in total. The fraction of sp³-hybridized carbons (Fsp3) is 0.438. The minimum Gasteiger partial charge on any atom is -0.333 e. The van der Waals surface area contributed by atoms with Gasteiger partial charge in [-0.15, -0.1) is 21.5 Å². The molecule has 0 saturated heterocycles. The Bertz CT molecular complexity index is 942. The number of fused-ring (bicyclic) bond motifs is 5. The van der Waals surface area contributed by atoms with Crippen molar-refractivity contribution < 1.29 is 4.90 Å². The first-order chi connectivity index (χ1) is 11.6. The normalized spacial score (nSPS) is 17.5. The van der Waals surface area contributed by atoms with Crippen LogP contribution in [0.15, 0.2) is 22.5 Å². The van der Waals surface area contributed by atoms with Gasteiger partial charge in [-0.25, -0.2) is 9.38 Å². The van der Waals surface area contributed by atoms with E-state index in [0.717, 1.165) is 45.1 Å². The van der Waals surface area contributed by atoms with Crippen LogP contribution in [0.5, 0.6) is 0 Å². The van der Waals surface area contributed by atoms with E-state index >= 15 is 0 Å². The van der Waals surface area contributed by atoms with Crippen LogP contribution in [0.4, 0.5) is 0 Å². The third-order valence-corrected chi connectivity index (χ3v) is 7.14. The lowest BCUT2D eigenvalue weighted by Crippen LogP contribution is -3.08. The second-order valence-corrected chi connectivity index (χ2v) is 9.10. The topological polar surface area (TPSA) is 47.5 Å². The highest BCUT2D eigenvalue weighted by Gasteiger charge is 2.26. The SMILES string of the molecule is C=C(C)CSc1nnc2c3c4c(sc3nc(SC)n12)C[NH+](C)CC4. The van der Waals surface area contributed by atoms with Crippen molar-refractivity contribution in [2.24, 2.45) is 0 Å². The number of quaternary nitrogens is 1. The second kappa shape index (κ2) is 6.33. The Hall–Kier alpha value is -1.09. The van der Waals surface area contributed by atoms with Gasteiger partial charge in [-0.2, -0.15) is 0 Å². The second-order valence-electron chi connectivity index (χ2n) is 6.30. The highest BCUT2D eigenvalue weighted by molar-refractivity contribution is 7.99. The number of hydrogen-bond acceptors (Lipinski definition) is 6. The van der Waals surface area contributed by atoms with Crippen molar-refractivity contribution in [1.82, 2.24) is 19.6 Å². The summed E-state index contributed by atoms with van der Waals surface area (Å²) >= 11 is 5.16. The van der Waals surface area contributed by atoms with Crippen molar-refractivity contribution in [2.45, 2.75) is 30.2 Å². The minimum atomic E-state index is 0.850.